The summed E-state index contributed by atoms with van der Waals surface area (Å²) < 4.78 is 5.34. The number of ether oxygens (including phenoxy) is 1. The van der Waals surface area contributed by atoms with Gasteiger partial charge in [-0.05, 0) is 46.9 Å². The van der Waals surface area contributed by atoms with E-state index in [4.69, 9.17) is 16.3 Å². The molecular formula is C14H15ClOS. The van der Waals surface area contributed by atoms with Gasteiger partial charge in [0.15, 0.2) is 0 Å². The maximum absolute atomic E-state index is 6.47. The Morgan fingerprint density at radius 2 is 2.06 bits per heavy atom. The molecular weight excluding hydrogens is 252 g/mol. The second kappa shape index (κ2) is 5.56. The Bertz CT molecular complexity index is 492. The van der Waals surface area contributed by atoms with E-state index in [-0.39, 0.29) is 5.38 Å². The third-order valence-electron chi connectivity index (χ3n) is 2.82. The quantitative estimate of drug-likeness (QED) is 0.736. The van der Waals surface area contributed by atoms with Crippen LogP contribution in [0.3, 0.4) is 0 Å². The standard InChI is InChI=1S/C14H15ClOS/c1-10-8-17-9-12(10)13(15)7-11-5-3-4-6-14(11)16-2/h3-6,8-9,13H,7H2,1-2H3. The lowest BCUT2D eigenvalue weighted by molar-refractivity contribution is 0.409. The number of aryl methyl sites for hydroxylation is 1. The number of para-hydroxylation sites is 1. The van der Waals surface area contributed by atoms with E-state index in [1.54, 1.807) is 18.4 Å². The highest BCUT2D eigenvalue weighted by Crippen LogP contribution is 2.32. The SMILES string of the molecule is COc1ccccc1CC(Cl)c1cscc1C. The number of benzene rings is 1. The smallest absolute Gasteiger partial charge is 0.122 e. The molecule has 90 valence electrons. The van der Waals surface area contributed by atoms with Crippen molar-refractivity contribution in [2.75, 3.05) is 7.11 Å². The Hall–Kier alpha value is -0.990. The summed E-state index contributed by atoms with van der Waals surface area (Å²) in [6.07, 6.45) is 0.795. The topological polar surface area (TPSA) is 9.23 Å². The van der Waals surface area contributed by atoms with Crippen molar-refractivity contribution in [1.82, 2.24) is 0 Å². The fraction of sp³-hybridized carbons (Fsp3) is 0.286. The van der Waals surface area contributed by atoms with Crippen LogP contribution in [-0.2, 0) is 6.42 Å². The number of alkyl halides is 1. The average molecular weight is 267 g/mol. The molecule has 0 aliphatic heterocycles. The molecule has 0 aliphatic rings. The molecule has 17 heavy (non-hydrogen) atoms. The van der Waals surface area contributed by atoms with Crippen molar-refractivity contribution in [3.8, 4) is 5.75 Å². The van der Waals surface area contributed by atoms with Gasteiger partial charge < -0.3 is 4.74 Å². The minimum Gasteiger partial charge on any atom is -0.496 e. The zero-order valence-corrected chi connectivity index (χ0v) is 11.5. The fourth-order valence-corrected chi connectivity index (χ4v) is 3.25. The van der Waals surface area contributed by atoms with E-state index in [1.165, 1.54) is 11.1 Å². The first-order chi connectivity index (χ1) is 8.22. The van der Waals surface area contributed by atoms with Gasteiger partial charge in [-0.2, -0.15) is 11.3 Å². The highest BCUT2D eigenvalue weighted by Gasteiger charge is 2.14. The largest absolute Gasteiger partial charge is 0.496 e. The predicted octanol–water partition coefficient (Wildman–Crippen LogP) is 4.59. The van der Waals surface area contributed by atoms with Gasteiger partial charge in [0.1, 0.15) is 5.75 Å². The van der Waals surface area contributed by atoms with E-state index in [2.05, 4.69) is 23.8 Å². The van der Waals surface area contributed by atoms with Crippen LogP contribution in [0.5, 0.6) is 5.75 Å². The van der Waals surface area contributed by atoms with Crippen LogP contribution in [0.1, 0.15) is 22.1 Å². The molecule has 0 amide bonds. The summed E-state index contributed by atoms with van der Waals surface area (Å²) in [5, 5.41) is 4.27. The van der Waals surface area contributed by atoms with Crippen molar-refractivity contribution in [2.24, 2.45) is 0 Å². The summed E-state index contributed by atoms with van der Waals surface area (Å²) >= 11 is 8.17. The van der Waals surface area contributed by atoms with Gasteiger partial charge in [-0.25, -0.2) is 0 Å². The third kappa shape index (κ3) is 2.82. The molecule has 0 bridgehead atoms. The monoisotopic (exact) mass is 266 g/mol. The fourth-order valence-electron chi connectivity index (χ4n) is 1.87. The summed E-state index contributed by atoms with van der Waals surface area (Å²) in [6, 6.07) is 8.03. The molecule has 1 aromatic carbocycles. The van der Waals surface area contributed by atoms with Gasteiger partial charge in [-0.1, -0.05) is 18.2 Å². The summed E-state index contributed by atoms with van der Waals surface area (Å²) in [5.41, 5.74) is 3.65. The number of hydrogen-bond donors (Lipinski definition) is 0. The van der Waals surface area contributed by atoms with Crippen LogP contribution >= 0.6 is 22.9 Å². The first-order valence-electron chi connectivity index (χ1n) is 5.51. The van der Waals surface area contributed by atoms with Crippen LogP contribution in [0.15, 0.2) is 35.0 Å². The molecule has 3 heteroatoms. The van der Waals surface area contributed by atoms with Gasteiger partial charge >= 0.3 is 0 Å². The van der Waals surface area contributed by atoms with Crippen molar-refractivity contribution in [3.05, 3.63) is 51.7 Å². The number of thiophene rings is 1. The Morgan fingerprint density at radius 3 is 2.71 bits per heavy atom. The summed E-state index contributed by atoms with van der Waals surface area (Å²) in [6.45, 7) is 2.10. The van der Waals surface area contributed by atoms with Crippen LogP contribution in [0.25, 0.3) is 0 Å². The molecule has 1 atom stereocenters. The molecule has 1 heterocycles. The molecule has 1 unspecified atom stereocenters. The molecule has 0 aliphatic carbocycles. The summed E-state index contributed by atoms with van der Waals surface area (Å²) in [5.74, 6) is 0.908. The Kier molecular flexibility index (Phi) is 4.08. The average Bonchev–Trinajstić information content (AvgIpc) is 2.76. The highest BCUT2D eigenvalue weighted by atomic mass is 35.5. The van der Waals surface area contributed by atoms with Gasteiger partial charge in [-0.15, -0.1) is 11.6 Å². The minimum atomic E-state index is 0.0116. The van der Waals surface area contributed by atoms with E-state index >= 15 is 0 Å². The molecule has 0 saturated heterocycles. The van der Waals surface area contributed by atoms with Crippen molar-refractivity contribution in [3.63, 3.8) is 0 Å². The van der Waals surface area contributed by atoms with Crippen LogP contribution in [-0.4, -0.2) is 7.11 Å². The number of rotatable bonds is 4. The van der Waals surface area contributed by atoms with Gasteiger partial charge in [0.05, 0.1) is 12.5 Å². The second-order valence-corrected chi connectivity index (χ2v) is 5.26. The third-order valence-corrected chi connectivity index (χ3v) is 4.09. The van der Waals surface area contributed by atoms with Crippen LogP contribution in [0.4, 0.5) is 0 Å². The van der Waals surface area contributed by atoms with E-state index in [9.17, 15) is 0 Å². The van der Waals surface area contributed by atoms with E-state index < -0.39 is 0 Å². The van der Waals surface area contributed by atoms with E-state index in [1.807, 2.05) is 18.2 Å². The number of hydrogen-bond acceptors (Lipinski definition) is 2. The molecule has 1 nitrogen and oxygen atoms in total. The lowest BCUT2D eigenvalue weighted by Gasteiger charge is -2.12. The van der Waals surface area contributed by atoms with Gasteiger partial charge in [0.25, 0.3) is 0 Å². The molecule has 0 fully saturated rings. The minimum absolute atomic E-state index is 0.0116. The van der Waals surface area contributed by atoms with Gasteiger partial charge in [-0.3, -0.25) is 0 Å². The number of halogens is 1. The molecule has 0 radical (unpaired) electrons. The molecule has 0 N–H and O–H groups in total. The lowest BCUT2D eigenvalue weighted by Crippen LogP contribution is -1.98. The maximum atomic E-state index is 6.47. The second-order valence-electron chi connectivity index (χ2n) is 3.99. The first kappa shape index (κ1) is 12.5. The molecule has 0 saturated carbocycles. The lowest BCUT2D eigenvalue weighted by atomic mass is 10.0. The molecule has 2 rings (SSSR count). The van der Waals surface area contributed by atoms with E-state index in [0.717, 1.165) is 17.7 Å². The highest BCUT2D eigenvalue weighted by molar-refractivity contribution is 7.08. The van der Waals surface area contributed by atoms with Gasteiger partial charge in [0, 0.05) is 0 Å². The zero-order chi connectivity index (χ0) is 12.3. The Balaban J connectivity index is 2.18. The molecule has 1 aromatic heterocycles. The molecule has 2 aromatic rings. The van der Waals surface area contributed by atoms with E-state index in [0.29, 0.717) is 0 Å². The number of methoxy groups -OCH3 is 1. The Labute approximate surface area is 111 Å². The maximum Gasteiger partial charge on any atom is 0.122 e. The zero-order valence-electron chi connectivity index (χ0n) is 9.94. The van der Waals surface area contributed by atoms with Crippen LogP contribution in [0.2, 0.25) is 0 Å². The first-order valence-corrected chi connectivity index (χ1v) is 6.89. The van der Waals surface area contributed by atoms with Crippen molar-refractivity contribution < 1.29 is 4.74 Å². The van der Waals surface area contributed by atoms with Crippen molar-refractivity contribution in [1.29, 1.82) is 0 Å². The predicted molar refractivity (Wildman–Crippen MR) is 74.3 cm³/mol. The molecule has 0 spiro atoms. The normalized spacial score (nSPS) is 12.4. The van der Waals surface area contributed by atoms with Crippen molar-refractivity contribution >= 4 is 22.9 Å². The van der Waals surface area contributed by atoms with Crippen molar-refractivity contribution in [2.45, 2.75) is 18.7 Å². The van der Waals surface area contributed by atoms with Crippen LogP contribution in [0, 0.1) is 6.92 Å². The summed E-state index contributed by atoms with van der Waals surface area (Å²) in [7, 11) is 1.69. The van der Waals surface area contributed by atoms with Gasteiger partial charge in [0.2, 0.25) is 0 Å². The summed E-state index contributed by atoms with van der Waals surface area (Å²) in [4.78, 5) is 0. The van der Waals surface area contributed by atoms with Crippen LogP contribution < -0.4 is 4.74 Å². The Morgan fingerprint density at radius 1 is 1.29 bits per heavy atom.